The summed E-state index contributed by atoms with van der Waals surface area (Å²) in [4.78, 5) is -0.0931. The van der Waals surface area contributed by atoms with Gasteiger partial charge in [-0.2, -0.15) is 13.2 Å². The lowest BCUT2D eigenvalue weighted by atomic mass is 10.2. The fraction of sp³-hybridized carbons (Fsp3) is 0.176. The molecule has 0 amide bonds. The molecule has 0 aliphatic heterocycles. The molecule has 4 nitrogen and oxygen atoms in total. The van der Waals surface area contributed by atoms with E-state index >= 15 is 0 Å². The Kier molecular flexibility index (Phi) is 6.02. The number of nitrogens with zero attached hydrogens (tertiary/aromatic N) is 1. The SMILES string of the molecule is C=CCN(c1cccc(C(F)(F)F)c1)S(=O)(=O)c1ccc(OC)c(Br)c1. The summed E-state index contributed by atoms with van der Waals surface area (Å²) < 4.78 is 71.2. The van der Waals surface area contributed by atoms with Gasteiger partial charge >= 0.3 is 6.18 Å². The molecule has 0 saturated carbocycles. The topological polar surface area (TPSA) is 46.6 Å². The van der Waals surface area contributed by atoms with Crippen molar-refractivity contribution >= 4 is 31.6 Å². The molecule has 0 bridgehead atoms. The van der Waals surface area contributed by atoms with E-state index in [0.717, 1.165) is 22.5 Å². The first kappa shape index (κ1) is 20.3. The second-order valence-electron chi connectivity index (χ2n) is 5.17. The average Bonchev–Trinajstić information content (AvgIpc) is 2.58. The molecule has 0 saturated heterocycles. The number of methoxy groups -OCH3 is 1. The van der Waals surface area contributed by atoms with Crippen molar-refractivity contribution < 1.29 is 26.3 Å². The highest BCUT2D eigenvalue weighted by atomic mass is 79.9. The Morgan fingerprint density at radius 3 is 2.46 bits per heavy atom. The van der Waals surface area contributed by atoms with Gasteiger partial charge in [-0.1, -0.05) is 12.1 Å². The van der Waals surface area contributed by atoms with Gasteiger partial charge in [0, 0.05) is 0 Å². The normalized spacial score (nSPS) is 11.9. The van der Waals surface area contributed by atoms with Crippen LogP contribution < -0.4 is 9.04 Å². The zero-order chi connectivity index (χ0) is 19.5. The lowest BCUT2D eigenvalue weighted by Crippen LogP contribution is -2.31. The van der Waals surface area contributed by atoms with Crippen molar-refractivity contribution in [2.75, 3.05) is 18.0 Å². The zero-order valence-electron chi connectivity index (χ0n) is 13.6. The highest BCUT2D eigenvalue weighted by Gasteiger charge is 2.32. The third-order valence-corrected chi connectivity index (χ3v) is 5.88. The van der Waals surface area contributed by atoms with Crippen molar-refractivity contribution in [1.29, 1.82) is 0 Å². The maximum atomic E-state index is 13.0. The Hall–Kier alpha value is -2.00. The van der Waals surface area contributed by atoms with Crippen LogP contribution in [0.25, 0.3) is 0 Å². The Labute approximate surface area is 158 Å². The summed E-state index contributed by atoms with van der Waals surface area (Å²) in [5.41, 5.74) is -1.04. The van der Waals surface area contributed by atoms with E-state index in [4.69, 9.17) is 4.74 Å². The van der Waals surface area contributed by atoms with E-state index in [-0.39, 0.29) is 17.1 Å². The van der Waals surface area contributed by atoms with Crippen molar-refractivity contribution in [2.45, 2.75) is 11.1 Å². The first-order valence-electron chi connectivity index (χ1n) is 7.25. The molecule has 0 radical (unpaired) electrons. The van der Waals surface area contributed by atoms with Gasteiger partial charge in [-0.25, -0.2) is 8.42 Å². The van der Waals surface area contributed by atoms with E-state index in [0.29, 0.717) is 10.2 Å². The van der Waals surface area contributed by atoms with Crippen molar-refractivity contribution in [3.63, 3.8) is 0 Å². The zero-order valence-corrected chi connectivity index (χ0v) is 16.0. The van der Waals surface area contributed by atoms with E-state index in [1.54, 1.807) is 0 Å². The minimum Gasteiger partial charge on any atom is -0.496 e. The molecule has 0 unspecified atom stereocenters. The molecule has 140 valence electrons. The summed E-state index contributed by atoms with van der Waals surface area (Å²) in [5, 5.41) is 0. The van der Waals surface area contributed by atoms with Crippen LogP contribution in [0, 0.1) is 0 Å². The quantitative estimate of drug-likeness (QED) is 0.591. The Bertz CT molecular complexity index is 914. The lowest BCUT2D eigenvalue weighted by molar-refractivity contribution is -0.137. The van der Waals surface area contributed by atoms with E-state index < -0.39 is 21.8 Å². The molecule has 26 heavy (non-hydrogen) atoms. The molecule has 0 heterocycles. The van der Waals surface area contributed by atoms with E-state index in [2.05, 4.69) is 22.5 Å². The lowest BCUT2D eigenvalue weighted by Gasteiger charge is -2.24. The van der Waals surface area contributed by atoms with Crippen LogP contribution in [-0.4, -0.2) is 22.1 Å². The molecule has 2 rings (SSSR count). The van der Waals surface area contributed by atoms with Gasteiger partial charge in [0.2, 0.25) is 0 Å². The molecule has 0 aliphatic carbocycles. The Morgan fingerprint density at radius 1 is 1.23 bits per heavy atom. The van der Waals surface area contributed by atoms with Crippen LogP contribution in [0.2, 0.25) is 0 Å². The van der Waals surface area contributed by atoms with Gasteiger partial charge < -0.3 is 4.74 Å². The summed E-state index contributed by atoms with van der Waals surface area (Å²) in [6, 6.07) is 8.24. The molecule has 2 aromatic carbocycles. The number of halogens is 4. The summed E-state index contributed by atoms with van der Waals surface area (Å²) in [6.45, 7) is 3.30. The van der Waals surface area contributed by atoms with Crippen molar-refractivity contribution in [3.05, 3.63) is 65.2 Å². The monoisotopic (exact) mass is 449 g/mol. The summed E-state index contributed by atoms with van der Waals surface area (Å²) in [5.74, 6) is 0.429. The standard InChI is InChI=1S/C17H15BrF3NO3S/c1-3-9-22(13-6-4-5-12(10-13)17(19,20)21)26(23,24)14-7-8-16(25-2)15(18)11-14/h3-8,10-11H,1,9H2,2H3. The van der Waals surface area contributed by atoms with Gasteiger partial charge in [0.05, 0.1) is 34.3 Å². The largest absolute Gasteiger partial charge is 0.496 e. The van der Waals surface area contributed by atoms with Gasteiger partial charge in [0.1, 0.15) is 5.75 Å². The number of hydrogen-bond acceptors (Lipinski definition) is 3. The smallest absolute Gasteiger partial charge is 0.416 e. The summed E-state index contributed by atoms with van der Waals surface area (Å²) in [7, 11) is -2.69. The van der Waals surface area contributed by atoms with Gasteiger partial charge in [-0.15, -0.1) is 6.58 Å². The molecule has 0 fully saturated rings. The second kappa shape index (κ2) is 7.71. The van der Waals surface area contributed by atoms with Gasteiger partial charge in [0.15, 0.2) is 0 Å². The Morgan fingerprint density at radius 2 is 1.92 bits per heavy atom. The van der Waals surface area contributed by atoms with Crippen LogP contribution >= 0.6 is 15.9 Å². The number of ether oxygens (including phenoxy) is 1. The molecule has 0 aromatic heterocycles. The number of rotatable bonds is 6. The number of alkyl halides is 3. The van der Waals surface area contributed by atoms with Crippen LogP contribution in [0.15, 0.2) is 64.5 Å². The van der Waals surface area contributed by atoms with Crippen LogP contribution in [0.4, 0.5) is 18.9 Å². The predicted molar refractivity (Wildman–Crippen MR) is 96.9 cm³/mol. The third-order valence-electron chi connectivity index (χ3n) is 3.47. The maximum Gasteiger partial charge on any atom is 0.416 e. The van der Waals surface area contributed by atoms with Gasteiger partial charge in [-0.05, 0) is 52.3 Å². The molecule has 2 aromatic rings. The number of benzene rings is 2. The number of sulfonamides is 1. The van der Waals surface area contributed by atoms with Gasteiger partial charge in [0.25, 0.3) is 10.0 Å². The van der Waals surface area contributed by atoms with Gasteiger partial charge in [-0.3, -0.25) is 4.31 Å². The first-order chi connectivity index (χ1) is 12.1. The minimum atomic E-state index is -4.58. The van der Waals surface area contributed by atoms with E-state index in [1.807, 2.05) is 0 Å². The maximum absolute atomic E-state index is 13.0. The van der Waals surface area contributed by atoms with Crippen LogP contribution in [0.5, 0.6) is 5.75 Å². The van der Waals surface area contributed by atoms with Crippen LogP contribution in [0.3, 0.4) is 0 Å². The van der Waals surface area contributed by atoms with Crippen LogP contribution in [0.1, 0.15) is 5.56 Å². The Balaban J connectivity index is 2.55. The predicted octanol–water partition coefficient (Wildman–Crippen LogP) is 4.86. The molecule has 0 aliphatic rings. The van der Waals surface area contributed by atoms with E-state index in [9.17, 15) is 21.6 Å². The highest BCUT2D eigenvalue weighted by Crippen LogP contribution is 2.34. The fourth-order valence-electron chi connectivity index (χ4n) is 2.23. The summed E-state index contributed by atoms with van der Waals surface area (Å²) in [6.07, 6.45) is -3.28. The average molecular weight is 450 g/mol. The third kappa shape index (κ3) is 4.21. The van der Waals surface area contributed by atoms with Crippen molar-refractivity contribution in [3.8, 4) is 5.75 Å². The molecular weight excluding hydrogens is 435 g/mol. The highest BCUT2D eigenvalue weighted by molar-refractivity contribution is 9.10. The number of anilines is 1. The van der Waals surface area contributed by atoms with Crippen molar-refractivity contribution in [2.24, 2.45) is 0 Å². The van der Waals surface area contributed by atoms with E-state index in [1.165, 1.54) is 37.5 Å². The summed E-state index contributed by atoms with van der Waals surface area (Å²) >= 11 is 3.20. The molecule has 0 atom stereocenters. The fourth-order valence-corrected chi connectivity index (χ4v) is 4.38. The number of hydrogen-bond donors (Lipinski definition) is 0. The molecule has 0 spiro atoms. The van der Waals surface area contributed by atoms with Crippen molar-refractivity contribution in [1.82, 2.24) is 0 Å². The molecule has 9 heteroatoms. The second-order valence-corrected chi connectivity index (χ2v) is 7.89. The molecule has 0 N–H and O–H groups in total. The van der Waals surface area contributed by atoms with Crippen LogP contribution in [-0.2, 0) is 16.2 Å². The molecular formula is C17H15BrF3NO3S. The first-order valence-corrected chi connectivity index (χ1v) is 9.49. The minimum absolute atomic E-state index is 0.0931.